The third-order valence-corrected chi connectivity index (χ3v) is 12.1. The topological polar surface area (TPSA) is 21.1 Å². The van der Waals surface area contributed by atoms with Crippen molar-refractivity contribution in [1.82, 2.24) is 9.78 Å². The maximum atomic E-state index is 5.39. The van der Waals surface area contributed by atoms with Gasteiger partial charge < -0.3 is 4.90 Å². The molecule has 0 fully saturated rings. The van der Waals surface area contributed by atoms with Gasteiger partial charge in [0.15, 0.2) is 0 Å². The molecule has 11 aromatic rings. The minimum Gasteiger partial charge on any atom is -0.310 e. The molecule has 0 bridgehead atoms. The van der Waals surface area contributed by atoms with Crippen LogP contribution < -0.4 is 4.90 Å². The minimum absolute atomic E-state index is 0.950. The summed E-state index contributed by atoms with van der Waals surface area (Å²) in [6.45, 7) is 0. The highest BCUT2D eigenvalue weighted by molar-refractivity contribution is 5.99. The number of nitrogens with zero attached hydrogens (tertiary/aromatic N) is 3. The molecule has 3 heteroatoms. The first-order valence-corrected chi connectivity index (χ1v) is 21.8. The van der Waals surface area contributed by atoms with E-state index in [2.05, 4.69) is 270 Å². The van der Waals surface area contributed by atoms with Gasteiger partial charge in [-0.1, -0.05) is 218 Å². The molecule has 0 aliphatic carbocycles. The van der Waals surface area contributed by atoms with Crippen LogP contribution in [0.25, 0.3) is 83.5 Å². The predicted molar refractivity (Wildman–Crippen MR) is 268 cm³/mol. The van der Waals surface area contributed by atoms with Crippen LogP contribution in [0.1, 0.15) is 0 Å². The molecule has 11 rings (SSSR count). The summed E-state index contributed by atoms with van der Waals surface area (Å²) >= 11 is 0. The lowest BCUT2D eigenvalue weighted by atomic mass is 9.89. The molecule has 0 amide bonds. The second-order valence-corrected chi connectivity index (χ2v) is 15.9. The minimum atomic E-state index is 0.950. The largest absolute Gasteiger partial charge is 0.310 e. The van der Waals surface area contributed by atoms with Gasteiger partial charge in [0.05, 0.1) is 17.1 Å². The molecule has 0 saturated carbocycles. The van der Waals surface area contributed by atoms with Gasteiger partial charge in [0.25, 0.3) is 0 Å². The Hall–Kier alpha value is -8.53. The van der Waals surface area contributed by atoms with Crippen molar-refractivity contribution in [2.24, 2.45) is 0 Å². The van der Waals surface area contributed by atoms with Crippen molar-refractivity contribution >= 4 is 27.8 Å². The number of rotatable bonds is 10. The Morgan fingerprint density at radius 2 is 0.766 bits per heavy atom. The van der Waals surface area contributed by atoms with Crippen molar-refractivity contribution in [2.45, 2.75) is 0 Å². The Morgan fingerprint density at radius 1 is 0.312 bits per heavy atom. The zero-order chi connectivity index (χ0) is 42.7. The summed E-state index contributed by atoms with van der Waals surface area (Å²) < 4.78 is 2.12. The molecule has 0 aliphatic heterocycles. The molecule has 0 unspecified atom stereocenters. The quantitative estimate of drug-likeness (QED) is 0.137. The van der Waals surface area contributed by atoms with E-state index in [0.29, 0.717) is 0 Å². The molecule has 0 spiro atoms. The van der Waals surface area contributed by atoms with Crippen LogP contribution in [0.5, 0.6) is 0 Å². The molecule has 3 nitrogen and oxygen atoms in total. The monoisotopic (exact) mass is 817 g/mol. The van der Waals surface area contributed by atoms with Crippen LogP contribution in [-0.2, 0) is 0 Å². The van der Waals surface area contributed by atoms with Crippen LogP contribution in [0.4, 0.5) is 17.1 Å². The number of fused-ring (bicyclic) bond motifs is 1. The molecule has 0 radical (unpaired) electrons. The van der Waals surface area contributed by atoms with Gasteiger partial charge >= 0.3 is 0 Å². The number of benzene rings is 10. The molecule has 0 atom stereocenters. The van der Waals surface area contributed by atoms with Gasteiger partial charge in [0, 0.05) is 33.5 Å². The summed E-state index contributed by atoms with van der Waals surface area (Å²) in [5.74, 6) is 0. The third kappa shape index (κ3) is 7.25. The molecule has 1 heterocycles. The van der Waals surface area contributed by atoms with E-state index in [1.54, 1.807) is 0 Å². The van der Waals surface area contributed by atoms with Crippen molar-refractivity contribution in [3.05, 3.63) is 261 Å². The van der Waals surface area contributed by atoms with E-state index in [1.165, 1.54) is 33.0 Å². The number of hydrogen-bond acceptors (Lipinski definition) is 2. The van der Waals surface area contributed by atoms with E-state index in [9.17, 15) is 0 Å². The molecule has 0 N–H and O–H groups in total. The highest BCUT2D eigenvalue weighted by Gasteiger charge is 2.23. The standard InChI is InChI=1S/C61H43N3/c1-5-21-47(22-6-1)59-60(48-23-7-2-8-24-48)62-64(61(59)49-25-9-3-10-26-49)52-42-38-46(39-43-52)54-31-16-18-34-57(54)56-33-17-15-30-53(56)45-36-40-51(41-37-45)63(50-28-11-4-12-29-50)58-35-19-27-44-20-13-14-32-55(44)58/h1-43H. The van der Waals surface area contributed by atoms with Crippen LogP contribution in [0.15, 0.2) is 261 Å². The Morgan fingerprint density at radius 3 is 1.38 bits per heavy atom. The molecular formula is C61H43N3. The summed E-state index contributed by atoms with van der Waals surface area (Å²) in [5, 5.41) is 7.82. The Bertz CT molecular complexity index is 3330. The molecule has 302 valence electrons. The number of anilines is 3. The van der Waals surface area contributed by atoms with Crippen LogP contribution in [0.2, 0.25) is 0 Å². The van der Waals surface area contributed by atoms with Crippen LogP contribution in [0, 0.1) is 0 Å². The van der Waals surface area contributed by atoms with E-state index in [1.807, 2.05) is 0 Å². The Labute approximate surface area is 374 Å². The van der Waals surface area contributed by atoms with E-state index < -0.39 is 0 Å². The van der Waals surface area contributed by atoms with Gasteiger partial charge in [-0.05, 0) is 86.8 Å². The first-order valence-electron chi connectivity index (χ1n) is 21.8. The second kappa shape index (κ2) is 17.1. The number of hydrogen-bond donors (Lipinski definition) is 0. The van der Waals surface area contributed by atoms with Gasteiger partial charge in [-0.2, -0.15) is 5.10 Å². The summed E-state index contributed by atoms with van der Waals surface area (Å²) in [4.78, 5) is 2.36. The third-order valence-electron chi connectivity index (χ3n) is 12.1. The Balaban J connectivity index is 0.976. The maximum absolute atomic E-state index is 5.39. The fraction of sp³-hybridized carbons (Fsp3) is 0. The average molecular weight is 818 g/mol. The molecular weight excluding hydrogens is 775 g/mol. The van der Waals surface area contributed by atoms with Gasteiger partial charge in [0.1, 0.15) is 5.69 Å². The fourth-order valence-corrected chi connectivity index (χ4v) is 9.06. The number of para-hydroxylation sites is 1. The zero-order valence-electron chi connectivity index (χ0n) is 35.2. The van der Waals surface area contributed by atoms with E-state index in [-0.39, 0.29) is 0 Å². The number of aromatic nitrogens is 2. The van der Waals surface area contributed by atoms with Gasteiger partial charge in [0.2, 0.25) is 0 Å². The van der Waals surface area contributed by atoms with Crippen LogP contribution in [0.3, 0.4) is 0 Å². The van der Waals surface area contributed by atoms with Crippen molar-refractivity contribution in [3.63, 3.8) is 0 Å². The lowest BCUT2D eigenvalue weighted by Gasteiger charge is -2.27. The summed E-state index contributed by atoms with van der Waals surface area (Å²) in [6, 6.07) is 92.9. The summed E-state index contributed by atoms with van der Waals surface area (Å²) in [5.41, 5.74) is 17.8. The first kappa shape index (κ1) is 38.4. The van der Waals surface area contributed by atoms with Gasteiger partial charge in [-0.25, -0.2) is 4.68 Å². The first-order chi connectivity index (χ1) is 31.8. The highest BCUT2D eigenvalue weighted by Crippen LogP contribution is 2.44. The highest BCUT2D eigenvalue weighted by atomic mass is 15.3. The fourth-order valence-electron chi connectivity index (χ4n) is 9.06. The normalized spacial score (nSPS) is 11.1. The van der Waals surface area contributed by atoms with Gasteiger partial charge in [-0.15, -0.1) is 0 Å². The van der Waals surface area contributed by atoms with Crippen molar-refractivity contribution in [3.8, 4) is 72.7 Å². The maximum Gasteiger partial charge on any atom is 0.101 e. The second-order valence-electron chi connectivity index (χ2n) is 15.9. The molecule has 1 aromatic heterocycles. The van der Waals surface area contributed by atoms with Crippen molar-refractivity contribution in [2.75, 3.05) is 4.90 Å². The van der Waals surface area contributed by atoms with Crippen molar-refractivity contribution < 1.29 is 0 Å². The lowest BCUT2D eigenvalue weighted by Crippen LogP contribution is -2.10. The van der Waals surface area contributed by atoms with E-state index in [0.717, 1.165) is 67.5 Å². The van der Waals surface area contributed by atoms with E-state index in [4.69, 9.17) is 5.10 Å². The molecule has 0 saturated heterocycles. The molecule has 10 aromatic carbocycles. The summed E-state index contributed by atoms with van der Waals surface area (Å²) in [6.07, 6.45) is 0. The van der Waals surface area contributed by atoms with Gasteiger partial charge in [-0.3, -0.25) is 0 Å². The molecule has 0 aliphatic rings. The summed E-state index contributed by atoms with van der Waals surface area (Å²) in [7, 11) is 0. The smallest absolute Gasteiger partial charge is 0.101 e. The van der Waals surface area contributed by atoms with E-state index >= 15 is 0 Å². The van der Waals surface area contributed by atoms with Crippen LogP contribution in [-0.4, -0.2) is 9.78 Å². The average Bonchev–Trinajstić information content (AvgIpc) is 3.79. The Kier molecular flexibility index (Phi) is 10.3. The SMILES string of the molecule is c1ccc(-c2nn(-c3ccc(-c4ccccc4-c4ccccc4-c4ccc(N(c5ccccc5)c5cccc6ccccc56)cc4)cc3)c(-c3ccccc3)c2-c2ccccc2)cc1. The lowest BCUT2D eigenvalue weighted by molar-refractivity contribution is 0.892. The van der Waals surface area contributed by atoms with Crippen molar-refractivity contribution in [1.29, 1.82) is 0 Å². The predicted octanol–water partition coefficient (Wildman–Crippen LogP) is 16.5. The van der Waals surface area contributed by atoms with Crippen LogP contribution >= 0.6 is 0 Å². The zero-order valence-corrected chi connectivity index (χ0v) is 35.2. The molecule has 64 heavy (non-hydrogen) atoms.